The molecule has 0 spiro atoms. The van der Waals surface area contributed by atoms with Crippen molar-refractivity contribution in [3.63, 3.8) is 0 Å². The van der Waals surface area contributed by atoms with Crippen LogP contribution in [0.15, 0.2) is 27.4 Å². The molecule has 0 unspecified atom stereocenters. The second kappa shape index (κ2) is 5.33. The number of fused-ring (bicyclic) bond motifs is 1. The summed E-state index contributed by atoms with van der Waals surface area (Å²) < 4.78 is 5.17. The van der Waals surface area contributed by atoms with Crippen molar-refractivity contribution in [3.05, 3.63) is 44.2 Å². The molecular weight excluding hydrogens is 307 g/mol. The second-order valence-corrected chi connectivity index (χ2v) is 8.11. The van der Waals surface area contributed by atoms with Gasteiger partial charge in [0, 0.05) is 5.39 Å². The summed E-state index contributed by atoms with van der Waals surface area (Å²) >= 11 is 12.1. The maximum Gasteiger partial charge on any atom is 0.356 e. The van der Waals surface area contributed by atoms with Crippen molar-refractivity contribution < 1.29 is 4.42 Å². The highest BCUT2D eigenvalue weighted by molar-refractivity contribution is 6.44. The van der Waals surface area contributed by atoms with Crippen molar-refractivity contribution in [2.45, 2.75) is 46.5 Å². The topological polar surface area (TPSA) is 30.2 Å². The van der Waals surface area contributed by atoms with Crippen LogP contribution in [0.25, 0.3) is 11.0 Å². The van der Waals surface area contributed by atoms with E-state index in [1.54, 1.807) is 6.07 Å². The lowest BCUT2D eigenvalue weighted by Gasteiger charge is -2.33. The van der Waals surface area contributed by atoms with Gasteiger partial charge in [-0.25, -0.2) is 4.79 Å². The fourth-order valence-electron chi connectivity index (χ4n) is 2.99. The van der Waals surface area contributed by atoms with Gasteiger partial charge in [0.2, 0.25) is 0 Å². The average molecular weight is 327 g/mol. The van der Waals surface area contributed by atoms with Crippen molar-refractivity contribution in [3.8, 4) is 0 Å². The van der Waals surface area contributed by atoms with E-state index in [-0.39, 0.29) is 20.9 Å². The third-order valence-electron chi connectivity index (χ3n) is 3.54. The van der Waals surface area contributed by atoms with Crippen molar-refractivity contribution in [1.29, 1.82) is 0 Å². The molecule has 0 fully saturated rings. The van der Waals surface area contributed by atoms with Crippen LogP contribution in [-0.2, 0) is 5.41 Å². The minimum Gasteiger partial charge on any atom is -0.422 e. The number of hydrogen-bond donors (Lipinski definition) is 0. The summed E-state index contributed by atoms with van der Waals surface area (Å²) in [5.41, 5.74) is 1.21. The summed E-state index contributed by atoms with van der Waals surface area (Å²) in [6.07, 6.45) is 1.02. The quantitative estimate of drug-likeness (QED) is 0.651. The van der Waals surface area contributed by atoms with Crippen LogP contribution in [0.4, 0.5) is 0 Å². The molecule has 0 bridgehead atoms. The van der Waals surface area contributed by atoms with Gasteiger partial charge >= 0.3 is 5.63 Å². The Bertz CT molecular complexity index is 737. The van der Waals surface area contributed by atoms with Crippen LogP contribution >= 0.6 is 23.2 Å². The zero-order valence-electron chi connectivity index (χ0n) is 13.0. The molecule has 0 aliphatic carbocycles. The van der Waals surface area contributed by atoms with E-state index >= 15 is 0 Å². The molecule has 4 heteroatoms. The van der Waals surface area contributed by atoms with E-state index in [0.717, 1.165) is 12.0 Å². The summed E-state index contributed by atoms with van der Waals surface area (Å²) in [6.45, 7) is 11.1. The third-order valence-corrected chi connectivity index (χ3v) is 4.38. The van der Waals surface area contributed by atoms with Gasteiger partial charge in [-0.2, -0.15) is 0 Å². The molecule has 21 heavy (non-hydrogen) atoms. The van der Waals surface area contributed by atoms with Crippen molar-refractivity contribution in [2.75, 3.05) is 0 Å². The largest absolute Gasteiger partial charge is 0.422 e. The first-order valence-corrected chi connectivity index (χ1v) is 7.69. The standard InChI is InChI=1S/C17H20Cl2O2/c1-16(2,3)9-17(4,5)10-6-7-12-11(8-10)13(18)14(19)15(20)21-12/h6-8H,9H2,1-5H3. The predicted octanol–water partition coefficient (Wildman–Crippen LogP) is 5.81. The third kappa shape index (κ3) is 3.44. The van der Waals surface area contributed by atoms with E-state index in [1.807, 2.05) is 12.1 Å². The Hall–Kier alpha value is -0.990. The molecule has 2 rings (SSSR count). The van der Waals surface area contributed by atoms with Crippen LogP contribution in [-0.4, -0.2) is 0 Å². The smallest absolute Gasteiger partial charge is 0.356 e. The van der Waals surface area contributed by atoms with E-state index in [1.165, 1.54) is 0 Å². The molecule has 1 aromatic heterocycles. The molecule has 0 aliphatic heterocycles. The van der Waals surface area contributed by atoms with Crippen LogP contribution in [0.5, 0.6) is 0 Å². The fraction of sp³-hybridized carbons (Fsp3) is 0.471. The highest BCUT2D eigenvalue weighted by Crippen LogP contribution is 2.38. The van der Waals surface area contributed by atoms with Gasteiger partial charge in [-0.1, -0.05) is 63.9 Å². The molecular formula is C17H20Cl2O2. The van der Waals surface area contributed by atoms with Gasteiger partial charge in [-0.05, 0) is 34.9 Å². The minimum absolute atomic E-state index is 0.0155. The number of hydrogen-bond acceptors (Lipinski definition) is 2. The van der Waals surface area contributed by atoms with Gasteiger partial charge in [0.05, 0.1) is 5.02 Å². The van der Waals surface area contributed by atoms with Crippen LogP contribution in [0.3, 0.4) is 0 Å². The maximum absolute atomic E-state index is 11.5. The molecule has 1 aromatic carbocycles. The maximum atomic E-state index is 11.5. The molecule has 1 heterocycles. The summed E-state index contributed by atoms with van der Waals surface area (Å²) in [5.74, 6) is 0. The molecule has 114 valence electrons. The van der Waals surface area contributed by atoms with E-state index in [9.17, 15) is 4.79 Å². The number of halogens is 2. The molecule has 2 nitrogen and oxygen atoms in total. The van der Waals surface area contributed by atoms with Crippen molar-refractivity contribution >= 4 is 34.2 Å². The van der Waals surface area contributed by atoms with E-state index in [2.05, 4.69) is 34.6 Å². The molecule has 0 saturated carbocycles. The first-order valence-electron chi connectivity index (χ1n) is 6.94. The summed E-state index contributed by atoms with van der Waals surface area (Å²) in [6, 6.07) is 5.75. The number of benzene rings is 1. The minimum atomic E-state index is -0.601. The average Bonchev–Trinajstić information content (AvgIpc) is 2.33. The first-order chi connectivity index (χ1) is 9.51. The van der Waals surface area contributed by atoms with Gasteiger partial charge in [-0.3, -0.25) is 0 Å². The monoisotopic (exact) mass is 326 g/mol. The summed E-state index contributed by atoms with van der Waals surface area (Å²) in [4.78, 5) is 11.5. The Balaban J connectivity index is 2.60. The highest BCUT2D eigenvalue weighted by atomic mass is 35.5. The molecule has 0 atom stereocenters. The Labute approximate surface area is 135 Å². The highest BCUT2D eigenvalue weighted by Gasteiger charge is 2.28. The van der Waals surface area contributed by atoms with Gasteiger partial charge in [0.15, 0.2) is 0 Å². The Morgan fingerprint density at radius 2 is 1.67 bits per heavy atom. The first kappa shape index (κ1) is 16.4. The molecule has 2 aromatic rings. The Morgan fingerprint density at radius 3 is 2.24 bits per heavy atom. The van der Waals surface area contributed by atoms with Crippen molar-refractivity contribution in [2.24, 2.45) is 5.41 Å². The Morgan fingerprint density at radius 1 is 1.05 bits per heavy atom. The SMILES string of the molecule is CC(C)(C)CC(C)(C)c1ccc2oc(=O)c(Cl)c(Cl)c2c1. The fourth-order valence-corrected chi connectivity index (χ4v) is 3.36. The zero-order chi connectivity index (χ0) is 16.0. The zero-order valence-corrected chi connectivity index (χ0v) is 14.5. The normalized spacial score (nSPS) is 12.9. The molecule has 0 saturated heterocycles. The van der Waals surface area contributed by atoms with Crippen LogP contribution < -0.4 is 5.63 Å². The van der Waals surface area contributed by atoms with E-state index in [4.69, 9.17) is 27.6 Å². The van der Waals surface area contributed by atoms with Crippen LogP contribution in [0.2, 0.25) is 10.0 Å². The predicted molar refractivity (Wildman–Crippen MR) is 89.6 cm³/mol. The molecule has 0 N–H and O–H groups in total. The van der Waals surface area contributed by atoms with Gasteiger partial charge < -0.3 is 4.42 Å². The van der Waals surface area contributed by atoms with Crippen LogP contribution in [0.1, 0.15) is 46.6 Å². The second-order valence-electron chi connectivity index (χ2n) is 7.35. The lowest BCUT2D eigenvalue weighted by atomic mass is 9.72. The molecule has 0 radical (unpaired) electrons. The van der Waals surface area contributed by atoms with Gasteiger partial charge in [0.25, 0.3) is 0 Å². The van der Waals surface area contributed by atoms with E-state index < -0.39 is 5.63 Å². The summed E-state index contributed by atoms with van der Waals surface area (Å²) in [7, 11) is 0. The lowest BCUT2D eigenvalue weighted by Crippen LogP contribution is -2.24. The van der Waals surface area contributed by atoms with Gasteiger partial charge in [-0.15, -0.1) is 0 Å². The van der Waals surface area contributed by atoms with E-state index in [0.29, 0.717) is 11.0 Å². The summed E-state index contributed by atoms with van der Waals surface area (Å²) in [5, 5.41) is 0.882. The van der Waals surface area contributed by atoms with Crippen molar-refractivity contribution in [1.82, 2.24) is 0 Å². The molecule has 0 aliphatic rings. The Kier molecular flexibility index (Phi) is 4.16. The van der Waals surface area contributed by atoms with Gasteiger partial charge in [0.1, 0.15) is 10.6 Å². The number of rotatable bonds is 2. The lowest BCUT2D eigenvalue weighted by molar-refractivity contribution is 0.284. The molecule has 0 amide bonds. The van der Waals surface area contributed by atoms with Crippen LogP contribution in [0, 0.1) is 5.41 Å².